The quantitative estimate of drug-likeness (QED) is 0.140. The van der Waals surface area contributed by atoms with Crippen LogP contribution in [0, 0.1) is 22.7 Å². The minimum Gasteiger partial charge on any atom is -0.208 e. The van der Waals surface area contributed by atoms with Gasteiger partial charge in [-0.25, -0.2) is 29.9 Å². The molecule has 0 bridgehead atoms. The Balaban J connectivity index is 0.000000143. The Morgan fingerprint density at radius 2 is 0.361 bits per heavy atom. The lowest BCUT2D eigenvalue weighted by Crippen LogP contribution is -2.26. The van der Waals surface area contributed by atoms with Crippen LogP contribution in [-0.2, 0) is 10.8 Å². The summed E-state index contributed by atoms with van der Waals surface area (Å²) in [5, 5.41) is 20.0. The lowest BCUT2D eigenvalue weighted by molar-refractivity contribution is 0.793. The zero-order valence-corrected chi connectivity index (χ0v) is 58.2. The molecule has 0 unspecified atom stereocenters. The van der Waals surface area contributed by atoms with Crippen LogP contribution in [0.4, 0.5) is 0 Å². The summed E-state index contributed by atoms with van der Waals surface area (Å²) in [7, 11) is 0. The number of aromatic nitrogens is 6. The van der Waals surface area contributed by atoms with Gasteiger partial charge in [0.2, 0.25) is 0 Å². The second-order valence-electron chi connectivity index (χ2n) is 27.8. The summed E-state index contributed by atoms with van der Waals surface area (Å²) in [5.41, 5.74) is 32.2. The van der Waals surface area contributed by atoms with E-state index in [0.717, 1.165) is 66.8 Å². The van der Waals surface area contributed by atoms with Crippen LogP contribution in [0.1, 0.15) is 55.6 Å². The van der Waals surface area contributed by atoms with Crippen LogP contribution in [0.3, 0.4) is 0 Å². The average molecular weight is 1370 g/mol. The van der Waals surface area contributed by atoms with Crippen molar-refractivity contribution >= 4 is 0 Å². The molecule has 108 heavy (non-hydrogen) atoms. The molecule has 2 spiro atoms. The van der Waals surface area contributed by atoms with Crippen LogP contribution in [0.25, 0.3) is 146 Å². The molecule has 0 saturated heterocycles. The van der Waals surface area contributed by atoms with Gasteiger partial charge < -0.3 is 0 Å². The molecule has 21 rings (SSSR count). The molecular formula is C100H60N8. The van der Waals surface area contributed by atoms with Gasteiger partial charge in [0, 0.05) is 33.4 Å². The molecule has 0 aliphatic heterocycles. The first-order valence-electron chi connectivity index (χ1n) is 36.2. The van der Waals surface area contributed by atoms with Crippen molar-refractivity contribution < 1.29 is 0 Å². The topological polar surface area (TPSA) is 125 Å². The summed E-state index contributed by atoms with van der Waals surface area (Å²) < 4.78 is 0. The Bertz CT molecular complexity index is 6390. The molecule has 0 N–H and O–H groups in total. The molecule has 0 saturated carbocycles. The maximum Gasteiger partial charge on any atom is 0.164 e. The highest BCUT2D eigenvalue weighted by atomic mass is 15.0. The predicted octanol–water partition coefficient (Wildman–Crippen LogP) is 23.2. The largest absolute Gasteiger partial charge is 0.208 e. The smallest absolute Gasteiger partial charge is 0.164 e. The Hall–Kier alpha value is -14.7. The van der Waals surface area contributed by atoms with Gasteiger partial charge >= 0.3 is 0 Å². The molecule has 2 heterocycles. The maximum absolute atomic E-state index is 10.0. The SMILES string of the molecule is N#Cc1ccc2c(c1)C1(c3ccccc3-c3ccccc31)c1cc(-c3ccc(-c4nc(-c5ccccc5)nc(-c5ccc(-c6ccccc6)cc5)n4)cc3)ccc1-2.N#Cc1ccc2c(c1)C1(c3ccccc3-c3ccccc31)c1cc(-c3ccc(-c4nc(-c5ccccc5)nc(-c5ccccc5)n4)cc3)ccc1-2. The second-order valence-corrected chi connectivity index (χ2v) is 27.8. The predicted molar refractivity (Wildman–Crippen MR) is 431 cm³/mol. The first kappa shape index (κ1) is 63.0. The molecular weight excluding hydrogens is 1310 g/mol. The number of fused-ring (bicyclic) bond motifs is 20. The fraction of sp³-hybridized carbons (Fsp3) is 0.0200. The molecule has 0 radical (unpaired) electrons. The van der Waals surface area contributed by atoms with Crippen molar-refractivity contribution in [3.05, 3.63) is 420 Å². The van der Waals surface area contributed by atoms with Crippen LogP contribution in [-0.4, -0.2) is 29.9 Å². The Kier molecular flexibility index (Phi) is 15.0. The van der Waals surface area contributed by atoms with Gasteiger partial charge in [-0.15, -0.1) is 0 Å². The van der Waals surface area contributed by atoms with Crippen LogP contribution in [0.15, 0.2) is 364 Å². The molecule has 0 fully saturated rings. The van der Waals surface area contributed by atoms with E-state index in [1.807, 2.05) is 109 Å². The van der Waals surface area contributed by atoms with Crippen molar-refractivity contribution in [2.75, 3.05) is 0 Å². The lowest BCUT2D eigenvalue weighted by atomic mass is 9.70. The van der Waals surface area contributed by atoms with E-state index >= 15 is 0 Å². The van der Waals surface area contributed by atoms with Gasteiger partial charge in [0.25, 0.3) is 0 Å². The first-order chi connectivity index (χ1) is 53.4. The summed E-state index contributed by atoms with van der Waals surface area (Å²) in [6.07, 6.45) is 0. The third-order valence-electron chi connectivity index (χ3n) is 22.0. The van der Waals surface area contributed by atoms with Crippen LogP contribution in [0.2, 0.25) is 0 Å². The highest BCUT2D eigenvalue weighted by Gasteiger charge is 2.53. The van der Waals surface area contributed by atoms with Gasteiger partial charge in [-0.3, -0.25) is 0 Å². The molecule has 0 atom stereocenters. The van der Waals surface area contributed by atoms with Crippen molar-refractivity contribution in [1.29, 1.82) is 10.5 Å². The van der Waals surface area contributed by atoms with Gasteiger partial charge in [-0.1, -0.05) is 328 Å². The summed E-state index contributed by atoms with van der Waals surface area (Å²) in [6, 6.07) is 132. The van der Waals surface area contributed by atoms with E-state index in [2.05, 4.69) is 267 Å². The maximum atomic E-state index is 10.0. The summed E-state index contributed by atoms with van der Waals surface area (Å²) in [6.45, 7) is 0. The number of nitriles is 2. The molecule has 15 aromatic carbocycles. The molecule has 17 aromatic rings. The van der Waals surface area contributed by atoms with E-state index in [-0.39, 0.29) is 0 Å². The Labute approximate surface area is 625 Å². The van der Waals surface area contributed by atoms with Crippen LogP contribution < -0.4 is 0 Å². The third-order valence-corrected chi connectivity index (χ3v) is 22.0. The monoisotopic (exact) mass is 1370 g/mol. The van der Waals surface area contributed by atoms with Gasteiger partial charge in [0.15, 0.2) is 34.9 Å². The second kappa shape index (κ2) is 25.6. The number of nitrogens with zero attached hydrogens (tertiary/aromatic N) is 8. The van der Waals surface area contributed by atoms with Crippen LogP contribution >= 0.6 is 0 Å². The molecule has 500 valence electrons. The van der Waals surface area contributed by atoms with Crippen molar-refractivity contribution in [2.24, 2.45) is 0 Å². The molecule has 4 aliphatic rings. The fourth-order valence-electron chi connectivity index (χ4n) is 17.1. The minimum atomic E-state index is -0.533. The van der Waals surface area contributed by atoms with E-state index < -0.39 is 10.8 Å². The number of hydrogen-bond donors (Lipinski definition) is 0. The highest BCUT2D eigenvalue weighted by molar-refractivity contribution is 5.98. The van der Waals surface area contributed by atoms with Crippen molar-refractivity contribution in [3.63, 3.8) is 0 Å². The number of benzene rings is 15. The summed E-state index contributed by atoms with van der Waals surface area (Å²) in [4.78, 5) is 29.7. The molecule has 4 aliphatic carbocycles. The lowest BCUT2D eigenvalue weighted by Gasteiger charge is -2.30. The van der Waals surface area contributed by atoms with E-state index in [1.54, 1.807) is 0 Å². The van der Waals surface area contributed by atoms with E-state index in [1.165, 1.54) is 89.0 Å². The molecule has 8 nitrogen and oxygen atoms in total. The number of hydrogen-bond acceptors (Lipinski definition) is 8. The zero-order chi connectivity index (χ0) is 71.9. The highest BCUT2D eigenvalue weighted by Crippen LogP contribution is 2.65. The third kappa shape index (κ3) is 10.1. The fourth-order valence-corrected chi connectivity index (χ4v) is 17.1. The van der Waals surface area contributed by atoms with E-state index in [9.17, 15) is 10.5 Å². The van der Waals surface area contributed by atoms with Gasteiger partial charge in [0.1, 0.15) is 0 Å². The summed E-state index contributed by atoms with van der Waals surface area (Å²) >= 11 is 0. The Morgan fingerprint density at radius 3 is 0.648 bits per heavy atom. The van der Waals surface area contributed by atoms with Crippen LogP contribution in [0.5, 0.6) is 0 Å². The molecule has 2 aromatic heterocycles. The average Bonchev–Trinajstić information content (AvgIpc) is 1.52. The van der Waals surface area contributed by atoms with Gasteiger partial charge in [-0.2, -0.15) is 10.5 Å². The van der Waals surface area contributed by atoms with E-state index in [0.29, 0.717) is 46.1 Å². The van der Waals surface area contributed by atoms with Crippen molar-refractivity contribution in [2.45, 2.75) is 10.8 Å². The molecule has 8 heteroatoms. The summed E-state index contributed by atoms with van der Waals surface area (Å²) in [5.74, 6) is 3.79. The van der Waals surface area contributed by atoms with E-state index in [4.69, 9.17) is 29.9 Å². The van der Waals surface area contributed by atoms with Gasteiger partial charge in [0.05, 0.1) is 34.1 Å². The van der Waals surface area contributed by atoms with Gasteiger partial charge in [-0.05, 0) is 159 Å². The Morgan fingerprint density at radius 1 is 0.167 bits per heavy atom. The minimum absolute atomic E-state index is 0.521. The van der Waals surface area contributed by atoms with Crippen molar-refractivity contribution in [3.8, 4) is 158 Å². The van der Waals surface area contributed by atoms with Crippen molar-refractivity contribution in [1.82, 2.24) is 29.9 Å². The molecule has 0 amide bonds. The standard InChI is InChI=1S/C53H32N4.C47H28N4/c54-33-34-19-29-44-45-30-28-41(32-49(45)53(48(44)31-34)46-17-9-7-15-42(46)43-16-8-10-18-47(43)53)37-22-26-40(27-23-37)52-56-50(38-13-5-2-6-14-38)55-51(57-52)39-24-20-36(21-25-39)35-11-3-1-4-12-35;48-29-30-19-25-38-39-26-24-35(28-43(39)47(42(38)27-30)40-17-9-7-15-36(40)37-16-8-10-18-41(37)47)31-20-22-34(23-21-31)46-50-44(32-11-3-1-4-12-32)49-45(51-46)33-13-5-2-6-14-33/h1-32H;1-28H. The zero-order valence-electron chi connectivity index (χ0n) is 58.2. The normalized spacial score (nSPS) is 12.8. The number of rotatable bonds is 9. The first-order valence-corrected chi connectivity index (χ1v) is 36.2.